The van der Waals surface area contributed by atoms with Crippen LogP contribution in [0.25, 0.3) is 0 Å². The smallest absolute Gasteiger partial charge is 0.316 e. The predicted octanol–water partition coefficient (Wildman–Crippen LogP) is 1.27. The first-order valence-corrected chi connectivity index (χ1v) is 14.2. The van der Waals surface area contributed by atoms with E-state index in [2.05, 4.69) is 5.32 Å². The van der Waals surface area contributed by atoms with Gasteiger partial charge in [-0.25, -0.2) is 5.32 Å². The van der Waals surface area contributed by atoms with Gasteiger partial charge < -0.3 is 29.2 Å². The maximum atomic E-state index is 13.8. The molecule has 0 aliphatic carbocycles. The molecule has 1 spiro atoms. The number of hydrogen-bond acceptors (Lipinski definition) is 10. The summed E-state index contributed by atoms with van der Waals surface area (Å²) in [5.74, 6) is -5.76. The minimum absolute atomic E-state index is 0.0901. The van der Waals surface area contributed by atoms with Gasteiger partial charge in [0.25, 0.3) is 0 Å². The number of carbonyl (C=O) groups excluding carboxylic acids is 3. The molecule has 3 aliphatic rings. The Morgan fingerprint density at radius 2 is 1.80 bits per heavy atom. The van der Waals surface area contributed by atoms with E-state index in [1.54, 1.807) is 27.7 Å². The molecule has 3 aliphatic heterocycles. The average molecular weight is 570 g/mol. The molecular weight excluding hydrogens is 520 g/mol. The Balaban J connectivity index is 2.16. The van der Waals surface area contributed by atoms with Gasteiger partial charge in [0.1, 0.15) is 23.7 Å². The van der Waals surface area contributed by atoms with Gasteiger partial charge >= 0.3 is 11.9 Å². The van der Waals surface area contributed by atoms with Gasteiger partial charge in [-0.2, -0.15) is 0 Å². The fourth-order valence-corrected chi connectivity index (χ4v) is 6.53. The van der Waals surface area contributed by atoms with Crippen LogP contribution in [-0.4, -0.2) is 102 Å². The molecule has 3 rings (SSSR count). The SMILES string of the molecule is CCC1OC(=O)[C@H](C)C(=O)[C@H](C)[C@H]2O[C@]3(N[C@@]2(OC)C[C@@H](C)C(=O)/C(C)=C/[C@]1(C)O)O[C@H](C)C[C@H](N(C)C)[C@H]3[OH2+]. The summed E-state index contributed by atoms with van der Waals surface area (Å²) in [6.45, 7) is 11.6. The van der Waals surface area contributed by atoms with Crippen molar-refractivity contribution in [3.63, 3.8) is 0 Å². The number of ether oxygens (including phenoxy) is 4. The van der Waals surface area contributed by atoms with Gasteiger partial charge in [-0.15, -0.1) is 0 Å². The molecule has 0 amide bonds. The van der Waals surface area contributed by atoms with Crippen LogP contribution in [0.15, 0.2) is 11.6 Å². The van der Waals surface area contributed by atoms with Crippen molar-refractivity contribution in [2.24, 2.45) is 17.8 Å². The summed E-state index contributed by atoms with van der Waals surface area (Å²) in [6, 6.07) is -0.226. The first-order chi connectivity index (χ1) is 18.4. The van der Waals surface area contributed by atoms with Gasteiger partial charge in [0, 0.05) is 25.4 Å². The Morgan fingerprint density at radius 1 is 1.18 bits per heavy atom. The number of ketones is 2. The third-order valence-corrected chi connectivity index (χ3v) is 8.84. The van der Waals surface area contributed by atoms with E-state index in [1.807, 2.05) is 25.9 Å². The number of cyclic esters (lactones) is 1. The Morgan fingerprint density at radius 3 is 2.35 bits per heavy atom. The van der Waals surface area contributed by atoms with Gasteiger partial charge in [0.05, 0.1) is 12.1 Å². The van der Waals surface area contributed by atoms with Crippen molar-refractivity contribution in [3.8, 4) is 0 Å². The van der Waals surface area contributed by atoms with Crippen molar-refractivity contribution in [3.05, 3.63) is 11.6 Å². The molecule has 3 heterocycles. The zero-order chi connectivity index (χ0) is 30.4. The number of allylic oxidation sites excluding steroid dienone is 1. The molecule has 1 unspecified atom stereocenters. The minimum Gasteiger partial charge on any atom is -0.458 e. The van der Waals surface area contributed by atoms with Crippen LogP contribution < -0.4 is 5.32 Å². The number of esters is 1. The Labute approximate surface area is 237 Å². The first-order valence-electron chi connectivity index (χ1n) is 14.2. The summed E-state index contributed by atoms with van der Waals surface area (Å²) in [5, 5.41) is 23.7. The third kappa shape index (κ3) is 5.92. The first kappa shape index (κ1) is 32.8. The number of nitrogens with zero attached hydrogens (tertiary/aromatic N) is 1. The fourth-order valence-electron chi connectivity index (χ4n) is 6.53. The maximum Gasteiger partial charge on any atom is 0.316 e. The summed E-state index contributed by atoms with van der Waals surface area (Å²) < 4.78 is 24.6. The summed E-state index contributed by atoms with van der Waals surface area (Å²) >= 11 is 0. The van der Waals surface area contributed by atoms with Crippen molar-refractivity contribution in [2.75, 3.05) is 21.2 Å². The number of likely N-dealkylation sites (N-methyl/N-ethyl adjacent to an activating group) is 1. The van der Waals surface area contributed by atoms with Gasteiger partial charge in [-0.1, -0.05) is 20.8 Å². The molecule has 0 aromatic heterocycles. The number of carbonyl (C=O) groups is 3. The lowest BCUT2D eigenvalue weighted by molar-refractivity contribution is -0.333. The highest BCUT2D eigenvalue weighted by molar-refractivity contribution is 6.00. The third-order valence-electron chi connectivity index (χ3n) is 8.84. The lowest BCUT2D eigenvalue weighted by Crippen LogP contribution is -2.68. The van der Waals surface area contributed by atoms with Crippen LogP contribution in [0.5, 0.6) is 0 Å². The number of methoxy groups -OCH3 is 1. The van der Waals surface area contributed by atoms with E-state index < -0.39 is 65.1 Å². The number of hydrogen-bond donors (Lipinski definition) is 2. The molecule has 0 saturated carbocycles. The van der Waals surface area contributed by atoms with Crippen molar-refractivity contribution in [1.82, 2.24) is 10.2 Å². The van der Waals surface area contributed by atoms with Crippen LogP contribution in [0.4, 0.5) is 0 Å². The van der Waals surface area contributed by atoms with E-state index in [0.717, 1.165) is 0 Å². The Kier molecular flexibility index (Phi) is 9.73. The largest absolute Gasteiger partial charge is 0.458 e. The second-order valence-corrected chi connectivity index (χ2v) is 12.4. The number of rotatable bonds is 3. The number of fused-ring (bicyclic) bond motifs is 1. The van der Waals surface area contributed by atoms with Crippen LogP contribution in [0.1, 0.15) is 67.7 Å². The van der Waals surface area contributed by atoms with Crippen molar-refractivity contribution in [2.45, 2.75) is 115 Å². The predicted molar refractivity (Wildman–Crippen MR) is 147 cm³/mol. The monoisotopic (exact) mass is 569 g/mol. The zero-order valence-corrected chi connectivity index (χ0v) is 25.6. The molecule has 11 atom stereocenters. The second kappa shape index (κ2) is 11.9. The molecular formula is C29H49N2O9+. The fraction of sp³-hybridized carbons (Fsp3) is 0.828. The molecule has 2 fully saturated rings. The van der Waals surface area contributed by atoms with Gasteiger partial charge in [-0.05, 0) is 66.3 Å². The summed E-state index contributed by atoms with van der Waals surface area (Å²) in [6.07, 6.45) is -0.755. The number of nitrogens with one attached hydrogen (secondary N) is 1. The lowest BCUT2D eigenvalue weighted by atomic mass is 9.80. The average Bonchev–Trinajstić information content (AvgIpc) is 3.20. The standard InChI is InChI=1S/C29H48N2O9/c1-11-21-27(7,36)13-15(2)22(32)16(3)14-28(37-10)25(18(5)23(33)19(6)26(35)38-21)40-29(30-28)24(34)20(31(8)9)12-17(4)39-29/h13,16-21,24-25,30,34,36H,11-12,14H2,1-10H3/p+1/b15-13+/t16-,17-,18+,19-,20+,21?,24-,25-,27+,28-,29-/m1/s1. The molecule has 2 saturated heterocycles. The van der Waals surface area contributed by atoms with Crippen LogP contribution in [0.2, 0.25) is 0 Å². The molecule has 228 valence electrons. The second-order valence-electron chi connectivity index (χ2n) is 12.4. The molecule has 0 radical (unpaired) electrons. The normalized spacial score (nSPS) is 47.0. The van der Waals surface area contributed by atoms with Gasteiger partial charge in [0.2, 0.25) is 6.10 Å². The molecule has 0 aromatic rings. The Bertz CT molecular complexity index is 1010. The number of aliphatic hydroxyl groups is 1. The Hall–Kier alpha value is -1.73. The highest BCUT2D eigenvalue weighted by atomic mass is 16.8. The lowest BCUT2D eigenvalue weighted by Gasteiger charge is -2.44. The molecule has 4 N–H and O–H groups in total. The van der Waals surface area contributed by atoms with Gasteiger partial charge in [0.15, 0.2) is 17.3 Å². The highest BCUT2D eigenvalue weighted by Crippen LogP contribution is 2.45. The van der Waals surface area contributed by atoms with E-state index in [1.165, 1.54) is 27.0 Å². The molecule has 40 heavy (non-hydrogen) atoms. The number of Topliss-reactive ketones (excluding diaryl/α,β-unsaturated/α-hetero) is 2. The zero-order valence-electron chi connectivity index (χ0n) is 25.6. The minimum atomic E-state index is -1.63. The van der Waals surface area contributed by atoms with E-state index in [4.69, 9.17) is 24.1 Å². The van der Waals surface area contributed by atoms with Crippen LogP contribution in [0.3, 0.4) is 0 Å². The van der Waals surface area contributed by atoms with Crippen LogP contribution >= 0.6 is 0 Å². The van der Waals surface area contributed by atoms with E-state index in [9.17, 15) is 19.5 Å². The summed E-state index contributed by atoms with van der Waals surface area (Å²) in [7, 11) is 5.25. The quantitative estimate of drug-likeness (QED) is 0.289. The summed E-state index contributed by atoms with van der Waals surface area (Å²) in [4.78, 5) is 42.5. The van der Waals surface area contributed by atoms with E-state index in [-0.39, 0.29) is 30.8 Å². The highest BCUT2D eigenvalue weighted by Gasteiger charge is 2.68. The van der Waals surface area contributed by atoms with Crippen LogP contribution in [-0.2, 0) is 33.3 Å². The van der Waals surface area contributed by atoms with Gasteiger partial charge in [-0.3, -0.25) is 19.3 Å². The summed E-state index contributed by atoms with van der Waals surface area (Å²) in [5.41, 5.74) is -2.72. The molecule has 0 bridgehead atoms. The maximum absolute atomic E-state index is 13.8. The van der Waals surface area contributed by atoms with Crippen molar-refractivity contribution >= 4 is 17.5 Å². The van der Waals surface area contributed by atoms with E-state index in [0.29, 0.717) is 12.0 Å². The molecule has 0 aromatic carbocycles. The van der Waals surface area contributed by atoms with Crippen molar-refractivity contribution < 1.29 is 43.5 Å². The topological polar surface area (TPSA) is 147 Å². The molecule has 11 heteroatoms. The van der Waals surface area contributed by atoms with Crippen molar-refractivity contribution in [1.29, 1.82) is 0 Å². The van der Waals surface area contributed by atoms with Crippen LogP contribution in [0, 0.1) is 17.8 Å². The van der Waals surface area contributed by atoms with E-state index >= 15 is 0 Å². The molecule has 11 nitrogen and oxygen atoms in total.